The van der Waals surface area contributed by atoms with E-state index in [1.165, 1.54) is 11.1 Å². The second-order valence-electron chi connectivity index (χ2n) is 4.46. The van der Waals surface area contributed by atoms with Gasteiger partial charge >= 0.3 is 0 Å². The van der Waals surface area contributed by atoms with E-state index in [2.05, 4.69) is 28.4 Å². The fourth-order valence-electron chi connectivity index (χ4n) is 2.20. The lowest BCUT2D eigenvalue weighted by molar-refractivity contribution is 0.0771. The molecule has 2 heterocycles. The summed E-state index contributed by atoms with van der Waals surface area (Å²) in [7, 11) is 0. The molecule has 0 bridgehead atoms. The van der Waals surface area contributed by atoms with Crippen LogP contribution in [0.3, 0.4) is 0 Å². The average molecular weight is 306 g/mol. The zero-order valence-electron chi connectivity index (χ0n) is 10.6. The first kappa shape index (κ1) is 13.3. The highest BCUT2D eigenvalue weighted by Gasteiger charge is 2.22. The summed E-state index contributed by atoms with van der Waals surface area (Å²) in [6, 6.07) is 10.2. The lowest BCUT2D eigenvalue weighted by atomic mass is 10.00. The minimum absolute atomic E-state index is 0.0993. The quantitative estimate of drug-likeness (QED) is 0.856. The topological polar surface area (TPSA) is 46.1 Å². The minimum atomic E-state index is -0.0993. The number of halogens is 1. The molecule has 102 valence electrons. The maximum absolute atomic E-state index is 12.2. The Morgan fingerprint density at radius 1 is 1.25 bits per heavy atom. The number of hydrogen-bond donors (Lipinski definition) is 0. The van der Waals surface area contributed by atoms with Gasteiger partial charge in [-0.3, -0.25) is 4.79 Å². The summed E-state index contributed by atoms with van der Waals surface area (Å²) in [6.45, 7) is 1.29. The lowest BCUT2D eigenvalue weighted by Gasteiger charge is -2.25. The van der Waals surface area contributed by atoms with Gasteiger partial charge in [-0.2, -0.15) is 0 Å². The molecule has 0 spiro atoms. The van der Waals surface area contributed by atoms with Crippen LogP contribution in [0.2, 0.25) is 4.47 Å². The number of hydrogen-bond acceptors (Lipinski definition) is 4. The van der Waals surface area contributed by atoms with Crippen molar-refractivity contribution in [1.82, 2.24) is 15.1 Å². The smallest absolute Gasteiger partial charge is 0.285 e. The van der Waals surface area contributed by atoms with Gasteiger partial charge in [-0.15, -0.1) is 10.2 Å². The van der Waals surface area contributed by atoms with Crippen LogP contribution in [0.1, 0.15) is 21.8 Å². The van der Waals surface area contributed by atoms with Gasteiger partial charge in [0.25, 0.3) is 5.91 Å². The van der Waals surface area contributed by atoms with Gasteiger partial charge in [0.05, 0.1) is 0 Å². The SMILES string of the molecule is O=C(c1nnc(Cl)s1)N1CC=C(c2ccccc2)CC1. The summed E-state index contributed by atoms with van der Waals surface area (Å²) in [6.07, 6.45) is 2.95. The van der Waals surface area contributed by atoms with Crippen molar-refractivity contribution in [3.63, 3.8) is 0 Å². The van der Waals surface area contributed by atoms with Crippen LogP contribution in [0.25, 0.3) is 5.57 Å². The molecule has 1 aromatic heterocycles. The van der Waals surface area contributed by atoms with Crippen molar-refractivity contribution in [3.05, 3.63) is 51.4 Å². The number of benzene rings is 1. The van der Waals surface area contributed by atoms with Crippen LogP contribution in [-0.2, 0) is 0 Å². The van der Waals surface area contributed by atoms with Gasteiger partial charge < -0.3 is 4.90 Å². The monoisotopic (exact) mass is 305 g/mol. The molecule has 1 aliphatic rings. The molecule has 0 atom stereocenters. The summed E-state index contributed by atoms with van der Waals surface area (Å²) in [5, 5.41) is 7.81. The van der Waals surface area contributed by atoms with Crippen molar-refractivity contribution in [2.75, 3.05) is 13.1 Å². The number of carbonyl (C=O) groups excluding carboxylic acids is 1. The van der Waals surface area contributed by atoms with E-state index in [0.717, 1.165) is 17.8 Å². The third kappa shape index (κ3) is 2.73. The summed E-state index contributed by atoms with van der Waals surface area (Å²) >= 11 is 6.83. The van der Waals surface area contributed by atoms with Crippen molar-refractivity contribution in [2.45, 2.75) is 6.42 Å². The molecule has 0 radical (unpaired) electrons. The molecule has 0 saturated heterocycles. The summed E-state index contributed by atoms with van der Waals surface area (Å²) in [4.78, 5) is 14.0. The van der Waals surface area contributed by atoms with Crippen LogP contribution < -0.4 is 0 Å². The number of aromatic nitrogens is 2. The van der Waals surface area contributed by atoms with Crippen LogP contribution in [0.4, 0.5) is 0 Å². The molecule has 0 aliphatic carbocycles. The van der Waals surface area contributed by atoms with Gasteiger partial charge in [0, 0.05) is 13.1 Å². The Kier molecular flexibility index (Phi) is 3.80. The zero-order valence-corrected chi connectivity index (χ0v) is 12.2. The van der Waals surface area contributed by atoms with E-state index in [-0.39, 0.29) is 5.91 Å². The molecule has 4 nitrogen and oxygen atoms in total. The Hall–Kier alpha value is -1.72. The molecular weight excluding hydrogens is 294 g/mol. The average Bonchev–Trinajstić information content (AvgIpc) is 2.94. The Labute approximate surface area is 125 Å². The van der Waals surface area contributed by atoms with Crippen molar-refractivity contribution >= 4 is 34.4 Å². The van der Waals surface area contributed by atoms with E-state index < -0.39 is 0 Å². The number of carbonyl (C=O) groups is 1. The fourth-order valence-corrected chi connectivity index (χ4v) is 2.99. The van der Waals surface area contributed by atoms with E-state index >= 15 is 0 Å². The van der Waals surface area contributed by atoms with Crippen LogP contribution in [0.15, 0.2) is 36.4 Å². The molecule has 0 saturated carbocycles. The van der Waals surface area contributed by atoms with Gasteiger partial charge in [-0.05, 0) is 29.2 Å². The highest BCUT2D eigenvalue weighted by Crippen LogP contribution is 2.24. The molecule has 6 heteroatoms. The van der Waals surface area contributed by atoms with Crippen LogP contribution >= 0.6 is 22.9 Å². The van der Waals surface area contributed by atoms with Gasteiger partial charge in [0.1, 0.15) is 0 Å². The maximum atomic E-state index is 12.2. The molecule has 1 aromatic carbocycles. The molecular formula is C14H12ClN3OS. The van der Waals surface area contributed by atoms with Crippen molar-refractivity contribution in [3.8, 4) is 0 Å². The first-order chi connectivity index (χ1) is 9.74. The van der Waals surface area contributed by atoms with Crippen LogP contribution in [0, 0.1) is 0 Å². The fraction of sp³-hybridized carbons (Fsp3) is 0.214. The van der Waals surface area contributed by atoms with Gasteiger partial charge in [-0.1, -0.05) is 47.7 Å². The van der Waals surface area contributed by atoms with Crippen LogP contribution in [0.5, 0.6) is 0 Å². The second kappa shape index (κ2) is 5.73. The molecule has 0 unspecified atom stereocenters. The maximum Gasteiger partial charge on any atom is 0.285 e. The number of nitrogens with zero attached hydrogens (tertiary/aromatic N) is 3. The molecule has 2 aromatic rings. The highest BCUT2D eigenvalue weighted by atomic mass is 35.5. The third-order valence-corrected chi connectivity index (χ3v) is 4.23. The number of amides is 1. The predicted octanol–water partition coefficient (Wildman–Crippen LogP) is 3.12. The predicted molar refractivity (Wildman–Crippen MR) is 79.9 cm³/mol. The van der Waals surface area contributed by atoms with Gasteiger partial charge in [0.15, 0.2) is 0 Å². The molecule has 0 fully saturated rings. The van der Waals surface area contributed by atoms with E-state index in [4.69, 9.17) is 11.6 Å². The Morgan fingerprint density at radius 2 is 2.05 bits per heavy atom. The molecule has 1 amide bonds. The Bertz CT molecular complexity index is 653. The molecule has 3 rings (SSSR count). The standard InChI is InChI=1S/C14H12ClN3OS/c15-14-17-16-12(20-14)13(19)18-8-6-11(7-9-18)10-4-2-1-3-5-10/h1-6H,7-9H2. The van der Waals surface area contributed by atoms with Gasteiger partial charge in [0.2, 0.25) is 9.47 Å². The first-order valence-electron chi connectivity index (χ1n) is 6.27. The van der Waals surface area contributed by atoms with Crippen molar-refractivity contribution < 1.29 is 4.79 Å². The Morgan fingerprint density at radius 3 is 2.65 bits per heavy atom. The van der Waals surface area contributed by atoms with Gasteiger partial charge in [-0.25, -0.2) is 0 Å². The summed E-state index contributed by atoms with van der Waals surface area (Å²) < 4.78 is 0.297. The molecule has 0 N–H and O–H groups in total. The largest absolute Gasteiger partial charge is 0.332 e. The molecule has 20 heavy (non-hydrogen) atoms. The Balaban J connectivity index is 1.72. The van der Waals surface area contributed by atoms with E-state index in [0.29, 0.717) is 22.6 Å². The minimum Gasteiger partial charge on any atom is -0.332 e. The zero-order chi connectivity index (χ0) is 13.9. The van der Waals surface area contributed by atoms with E-state index in [1.807, 2.05) is 18.2 Å². The molecule has 1 aliphatic heterocycles. The van der Waals surface area contributed by atoms with Crippen LogP contribution in [-0.4, -0.2) is 34.1 Å². The van der Waals surface area contributed by atoms with Crippen molar-refractivity contribution in [2.24, 2.45) is 0 Å². The van der Waals surface area contributed by atoms with Crippen molar-refractivity contribution in [1.29, 1.82) is 0 Å². The van der Waals surface area contributed by atoms with E-state index in [1.54, 1.807) is 4.90 Å². The lowest BCUT2D eigenvalue weighted by Crippen LogP contribution is -2.34. The van der Waals surface area contributed by atoms with E-state index in [9.17, 15) is 4.79 Å². The normalized spacial score (nSPS) is 15.1. The second-order valence-corrected chi connectivity index (χ2v) is 6.02. The third-order valence-electron chi connectivity index (χ3n) is 3.22. The first-order valence-corrected chi connectivity index (χ1v) is 7.46. The highest BCUT2D eigenvalue weighted by molar-refractivity contribution is 7.17. The summed E-state index contributed by atoms with van der Waals surface area (Å²) in [5.41, 5.74) is 2.50. The summed E-state index contributed by atoms with van der Waals surface area (Å²) in [5.74, 6) is -0.0993. The number of rotatable bonds is 2.